The lowest BCUT2D eigenvalue weighted by Gasteiger charge is -2.44. The molecule has 0 bridgehead atoms. The zero-order chi connectivity index (χ0) is 13.4. The van der Waals surface area contributed by atoms with Crippen LogP contribution in [0.2, 0.25) is 0 Å². The van der Waals surface area contributed by atoms with E-state index in [0.29, 0.717) is 19.1 Å². The van der Waals surface area contributed by atoms with Crippen molar-refractivity contribution in [3.05, 3.63) is 29.3 Å². The third kappa shape index (κ3) is 2.32. The molecule has 0 amide bonds. The lowest BCUT2D eigenvalue weighted by Crippen LogP contribution is -2.56. The van der Waals surface area contributed by atoms with Crippen molar-refractivity contribution in [3.8, 4) is 5.75 Å². The standard InChI is InChI=1S/C15H19NO3/c1-19-14-5-3-10-2-4-13(6-11(10)7-14)16-8-12(9-16)15(17)18/h3,5,7,12-13H,2,4,6,8-9H2,1H3,(H,17,18). The van der Waals surface area contributed by atoms with Crippen LogP contribution in [0.15, 0.2) is 18.2 Å². The van der Waals surface area contributed by atoms with Crippen molar-refractivity contribution in [3.63, 3.8) is 0 Å². The molecule has 1 aliphatic carbocycles. The van der Waals surface area contributed by atoms with Gasteiger partial charge in [-0.25, -0.2) is 0 Å². The first-order chi connectivity index (χ1) is 9.17. The number of rotatable bonds is 3. The second kappa shape index (κ2) is 4.85. The maximum Gasteiger partial charge on any atom is 0.309 e. The quantitative estimate of drug-likeness (QED) is 0.897. The summed E-state index contributed by atoms with van der Waals surface area (Å²) in [6.45, 7) is 1.42. The summed E-state index contributed by atoms with van der Waals surface area (Å²) in [5.41, 5.74) is 2.77. The van der Waals surface area contributed by atoms with Gasteiger partial charge < -0.3 is 9.84 Å². The number of likely N-dealkylation sites (tertiary alicyclic amines) is 1. The lowest BCUT2D eigenvalue weighted by molar-refractivity contribution is -0.148. The fourth-order valence-electron chi connectivity index (χ4n) is 3.12. The van der Waals surface area contributed by atoms with E-state index in [9.17, 15) is 4.79 Å². The molecule has 0 saturated carbocycles. The second-order valence-electron chi connectivity index (χ2n) is 5.52. The van der Waals surface area contributed by atoms with Gasteiger partial charge in [0.2, 0.25) is 0 Å². The molecule has 1 fully saturated rings. The van der Waals surface area contributed by atoms with Gasteiger partial charge in [0.05, 0.1) is 13.0 Å². The van der Waals surface area contributed by atoms with Crippen molar-refractivity contribution in [2.24, 2.45) is 5.92 Å². The minimum Gasteiger partial charge on any atom is -0.497 e. The number of ether oxygens (including phenoxy) is 1. The Labute approximate surface area is 113 Å². The van der Waals surface area contributed by atoms with Gasteiger partial charge in [-0.05, 0) is 42.5 Å². The SMILES string of the molecule is COc1ccc2c(c1)CC(N1CC(C(=O)O)C1)CC2. The van der Waals surface area contributed by atoms with Crippen molar-refractivity contribution < 1.29 is 14.6 Å². The smallest absolute Gasteiger partial charge is 0.309 e. The molecule has 0 aromatic heterocycles. The zero-order valence-corrected chi connectivity index (χ0v) is 11.1. The number of fused-ring (bicyclic) bond motifs is 1. The molecule has 102 valence electrons. The number of methoxy groups -OCH3 is 1. The van der Waals surface area contributed by atoms with Gasteiger partial charge in [0.1, 0.15) is 5.75 Å². The Bertz CT molecular complexity index is 494. The fraction of sp³-hybridized carbons (Fsp3) is 0.533. The number of hydrogen-bond donors (Lipinski definition) is 1. The van der Waals surface area contributed by atoms with Crippen LogP contribution in [0.1, 0.15) is 17.5 Å². The Morgan fingerprint density at radius 1 is 1.37 bits per heavy atom. The molecule has 19 heavy (non-hydrogen) atoms. The number of benzene rings is 1. The van der Waals surface area contributed by atoms with E-state index in [4.69, 9.17) is 9.84 Å². The van der Waals surface area contributed by atoms with E-state index < -0.39 is 5.97 Å². The van der Waals surface area contributed by atoms with Gasteiger partial charge >= 0.3 is 5.97 Å². The van der Waals surface area contributed by atoms with E-state index in [1.165, 1.54) is 11.1 Å². The van der Waals surface area contributed by atoms with Crippen LogP contribution in [0, 0.1) is 5.92 Å². The topological polar surface area (TPSA) is 49.8 Å². The molecule has 1 aromatic carbocycles. The van der Waals surface area contributed by atoms with E-state index in [1.807, 2.05) is 6.07 Å². The van der Waals surface area contributed by atoms with Gasteiger partial charge in [0.15, 0.2) is 0 Å². The molecule has 1 N–H and O–H groups in total. The monoisotopic (exact) mass is 261 g/mol. The van der Waals surface area contributed by atoms with E-state index >= 15 is 0 Å². The van der Waals surface area contributed by atoms with Crippen LogP contribution in [0.5, 0.6) is 5.75 Å². The number of aryl methyl sites for hydroxylation is 1. The molecule has 0 spiro atoms. The lowest BCUT2D eigenvalue weighted by atomic mass is 9.84. The van der Waals surface area contributed by atoms with Gasteiger partial charge in [0.25, 0.3) is 0 Å². The summed E-state index contributed by atoms with van der Waals surface area (Å²) in [5.74, 6) is 0.0901. The molecule has 1 unspecified atom stereocenters. The Balaban J connectivity index is 1.67. The van der Waals surface area contributed by atoms with E-state index in [-0.39, 0.29) is 5.92 Å². The zero-order valence-electron chi connectivity index (χ0n) is 11.1. The van der Waals surface area contributed by atoms with Crippen LogP contribution in [0.3, 0.4) is 0 Å². The van der Waals surface area contributed by atoms with Gasteiger partial charge in [-0.1, -0.05) is 6.07 Å². The molecule has 1 saturated heterocycles. The van der Waals surface area contributed by atoms with Crippen molar-refractivity contribution >= 4 is 5.97 Å². The summed E-state index contributed by atoms with van der Waals surface area (Å²) in [4.78, 5) is 13.2. The summed E-state index contributed by atoms with van der Waals surface area (Å²) >= 11 is 0. The van der Waals surface area contributed by atoms with Gasteiger partial charge in [-0.15, -0.1) is 0 Å². The second-order valence-corrected chi connectivity index (χ2v) is 5.52. The Morgan fingerprint density at radius 2 is 2.16 bits per heavy atom. The minimum atomic E-state index is -0.658. The minimum absolute atomic E-state index is 0.160. The molecule has 1 aliphatic heterocycles. The number of carboxylic acid groups (broad SMARTS) is 1. The number of hydrogen-bond acceptors (Lipinski definition) is 3. The highest BCUT2D eigenvalue weighted by Gasteiger charge is 2.37. The average Bonchev–Trinajstić information content (AvgIpc) is 2.35. The van der Waals surface area contributed by atoms with Crippen LogP contribution in [0.4, 0.5) is 0 Å². The molecular formula is C15H19NO3. The number of aliphatic carboxylic acids is 1. The number of carboxylic acids is 1. The Hall–Kier alpha value is -1.55. The van der Waals surface area contributed by atoms with E-state index in [2.05, 4.69) is 17.0 Å². The molecule has 4 heteroatoms. The summed E-state index contributed by atoms with van der Waals surface area (Å²) in [7, 11) is 1.69. The molecule has 0 radical (unpaired) electrons. The van der Waals surface area contributed by atoms with E-state index in [0.717, 1.165) is 25.0 Å². The first-order valence-electron chi connectivity index (χ1n) is 6.80. The van der Waals surface area contributed by atoms with Crippen LogP contribution >= 0.6 is 0 Å². The highest BCUT2D eigenvalue weighted by molar-refractivity contribution is 5.71. The first kappa shape index (κ1) is 12.5. The van der Waals surface area contributed by atoms with Gasteiger partial charge in [-0.2, -0.15) is 0 Å². The van der Waals surface area contributed by atoms with Crippen LogP contribution in [-0.2, 0) is 17.6 Å². The third-order valence-electron chi connectivity index (χ3n) is 4.39. The van der Waals surface area contributed by atoms with Crippen LogP contribution in [0.25, 0.3) is 0 Å². The average molecular weight is 261 g/mol. The molecular weight excluding hydrogens is 242 g/mol. The van der Waals surface area contributed by atoms with Crippen LogP contribution in [-0.4, -0.2) is 42.2 Å². The fourth-order valence-corrected chi connectivity index (χ4v) is 3.12. The predicted octanol–water partition coefficient (Wildman–Crippen LogP) is 1.57. The summed E-state index contributed by atoms with van der Waals surface area (Å²) < 4.78 is 5.27. The molecule has 1 aromatic rings. The van der Waals surface area contributed by atoms with Crippen LogP contribution < -0.4 is 4.74 Å². The first-order valence-corrected chi connectivity index (χ1v) is 6.80. The number of carbonyl (C=O) groups is 1. The third-order valence-corrected chi connectivity index (χ3v) is 4.39. The normalized spacial score (nSPS) is 23.5. The van der Waals surface area contributed by atoms with Crippen molar-refractivity contribution in [1.29, 1.82) is 0 Å². The highest BCUT2D eigenvalue weighted by Crippen LogP contribution is 2.31. The van der Waals surface area contributed by atoms with E-state index in [1.54, 1.807) is 7.11 Å². The van der Waals surface area contributed by atoms with Gasteiger partial charge in [0, 0.05) is 19.1 Å². The maximum absolute atomic E-state index is 10.8. The molecule has 4 nitrogen and oxygen atoms in total. The molecule has 2 aliphatic rings. The van der Waals surface area contributed by atoms with Crippen molar-refractivity contribution in [1.82, 2.24) is 4.90 Å². The summed E-state index contributed by atoms with van der Waals surface area (Å²) in [6.07, 6.45) is 3.22. The van der Waals surface area contributed by atoms with Gasteiger partial charge in [-0.3, -0.25) is 9.69 Å². The Morgan fingerprint density at radius 3 is 2.84 bits per heavy atom. The highest BCUT2D eigenvalue weighted by atomic mass is 16.5. The van der Waals surface area contributed by atoms with Crippen molar-refractivity contribution in [2.75, 3.05) is 20.2 Å². The Kier molecular flexibility index (Phi) is 3.19. The molecule has 1 heterocycles. The largest absolute Gasteiger partial charge is 0.497 e. The summed E-state index contributed by atoms with van der Waals surface area (Å²) in [5, 5.41) is 8.93. The molecule has 1 atom stereocenters. The maximum atomic E-state index is 10.8. The predicted molar refractivity (Wildman–Crippen MR) is 71.5 cm³/mol. The summed E-state index contributed by atoms with van der Waals surface area (Å²) in [6, 6.07) is 6.79. The number of nitrogens with zero attached hydrogens (tertiary/aromatic N) is 1. The molecule has 3 rings (SSSR count). The van der Waals surface area contributed by atoms with Crippen molar-refractivity contribution in [2.45, 2.75) is 25.3 Å².